The van der Waals surface area contributed by atoms with Gasteiger partial charge in [0.15, 0.2) is 0 Å². The van der Waals surface area contributed by atoms with E-state index in [-0.39, 0.29) is 11.9 Å². The Bertz CT molecular complexity index is 456. The topological polar surface area (TPSA) is 24.9 Å². The van der Waals surface area contributed by atoms with Crippen LogP contribution in [0.15, 0.2) is 35.2 Å². The average Bonchev–Trinajstić information content (AvgIpc) is 2.82. The fourth-order valence-corrected chi connectivity index (χ4v) is 2.31. The molecule has 0 aliphatic rings. The summed E-state index contributed by atoms with van der Waals surface area (Å²) in [5, 5.41) is 5.42. The Balaban J connectivity index is 1.80. The molecular formula is C13H15FN2S. The molecule has 0 bridgehead atoms. The van der Waals surface area contributed by atoms with Gasteiger partial charge in [-0.15, -0.1) is 11.3 Å². The molecule has 0 spiro atoms. The number of benzene rings is 1. The van der Waals surface area contributed by atoms with Crippen molar-refractivity contribution in [2.45, 2.75) is 19.4 Å². The molecule has 90 valence electrons. The predicted molar refractivity (Wildman–Crippen MR) is 68.6 cm³/mol. The molecule has 2 nitrogen and oxygen atoms in total. The van der Waals surface area contributed by atoms with Crippen LogP contribution >= 0.6 is 11.3 Å². The van der Waals surface area contributed by atoms with E-state index in [1.165, 1.54) is 6.07 Å². The highest BCUT2D eigenvalue weighted by Crippen LogP contribution is 2.11. The standard InChI is InChI=1S/C13H15FN2S/c1-10(13-8-17-9-16-13)15-6-5-11-3-2-4-12(14)7-11/h2-4,7-10,15H,5-6H2,1H3. The smallest absolute Gasteiger partial charge is 0.123 e. The van der Waals surface area contributed by atoms with Crippen LogP contribution in [0.1, 0.15) is 24.2 Å². The molecule has 0 aliphatic heterocycles. The number of aromatic nitrogens is 1. The van der Waals surface area contributed by atoms with Crippen LogP contribution < -0.4 is 5.32 Å². The second-order valence-corrected chi connectivity index (χ2v) is 4.69. The molecule has 1 heterocycles. The molecule has 17 heavy (non-hydrogen) atoms. The van der Waals surface area contributed by atoms with E-state index in [0.717, 1.165) is 24.2 Å². The molecule has 0 amide bonds. The average molecular weight is 250 g/mol. The Morgan fingerprint density at radius 1 is 1.47 bits per heavy atom. The van der Waals surface area contributed by atoms with Gasteiger partial charge in [0.1, 0.15) is 5.82 Å². The van der Waals surface area contributed by atoms with Gasteiger partial charge in [-0.1, -0.05) is 12.1 Å². The van der Waals surface area contributed by atoms with Crippen LogP contribution in [0.3, 0.4) is 0 Å². The van der Waals surface area contributed by atoms with E-state index in [9.17, 15) is 4.39 Å². The fraction of sp³-hybridized carbons (Fsp3) is 0.308. The van der Waals surface area contributed by atoms with E-state index in [2.05, 4.69) is 17.2 Å². The summed E-state index contributed by atoms with van der Waals surface area (Å²) < 4.78 is 12.9. The normalized spacial score (nSPS) is 12.6. The van der Waals surface area contributed by atoms with E-state index in [1.807, 2.05) is 17.0 Å². The van der Waals surface area contributed by atoms with Crippen molar-refractivity contribution in [2.75, 3.05) is 6.54 Å². The highest BCUT2D eigenvalue weighted by atomic mass is 32.1. The van der Waals surface area contributed by atoms with Gasteiger partial charge in [-0.05, 0) is 37.6 Å². The molecule has 4 heteroatoms. The number of hydrogen-bond donors (Lipinski definition) is 1. The van der Waals surface area contributed by atoms with Gasteiger partial charge in [0.25, 0.3) is 0 Å². The number of nitrogens with one attached hydrogen (secondary N) is 1. The number of thiazole rings is 1. The zero-order valence-electron chi connectivity index (χ0n) is 9.69. The van der Waals surface area contributed by atoms with Crippen LogP contribution in [0, 0.1) is 5.82 Å². The zero-order chi connectivity index (χ0) is 12.1. The van der Waals surface area contributed by atoms with Gasteiger partial charge in [0.2, 0.25) is 0 Å². The quantitative estimate of drug-likeness (QED) is 0.881. The van der Waals surface area contributed by atoms with Crippen molar-refractivity contribution in [1.82, 2.24) is 10.3 Å². The van der Waals surface area contributed by atoms with Crippen LogP contribution in [-0.4, -0.2) is 11.5 Å². The van der Waals surface area contributed by atoms with Gasteiger partial charge in [-0.25, -0.2) is 9.37 Å². The first-order valence-corrected chi connectivity index (χ1v) is 6.56. The molecule has 1 N–H and O–H groups in total. The van der Waals surface area contributed by atoms with Crippen molar-refractivity contribution in [3.63, 3.8) is 0 Å². The Kier molecular flexibility index (Phi) is 4.23. The zero-order valence-corrected chi connectivity index (χ0v) is 10.5. The maximum atomic E-state index is 12.9. The monoisotopic (exact) mass is 250 g/mol. The molecule has 0 radical (unpaired) electrons. The van der Waals surface area contributed by atoms with Gasteiger partial charge in [0.05, 0.1) is 11.2 Å². The minimum atomic E-state index is -0.171. The Morgan fingerprint density at radius 3 is 3.06 bits per heavy atom. The third-order valence-electron chi connectivity index (χ3n) is 2.65. The Morgan fingerprint density at radius 2 is 2.35 bits per heavy atom. The third-order valence-corrected chi connectivity index (χ3v) is 3.25. The van der Waals surface area contributed by atoms with Crippen molar-refractivity contribution in [3.8, 4) is 0 Å². The summed E-state index contributed by atoms with van der Waals surface area (Å²) in [6.45, 7) is 2.91. The van der Waals surface area contributed by atoms with Crippen molar-refractivity contribution in [2.24, 2.45) is 0 Å². The molecular weight excluding hydrogens is 235 g/mol. The van der Waals surface area contributed by atoms with Crippen LogP contribution in [0.25, 0.3) is 0 Å². The summed E-state index contributed by atoms with van der Waals surface area (Å²) in [4.78, 5) is 4.25. The van der Waals surface area contributed by atoms with Crippen LogP contribution in [0.5, 0.6) is 0 Å². The summed E-state index contributed by atoms with van der Waals surface area (Å²) in [5.74, 6) is -0.171. The molecule has 0 aliphatic carbocycles. The summed E-state index contributed by atoms with van der Waals surface area (Å²) in [5.41, 5.74) is 3.91. The van der Waals surface area contributed by atoms with Gasteiger partial charge in [-0.3, -0.25) is 0 Å². The van der Waals surface area contributed by atoms with E-state index in [1.54, 1.807) is 23.5 Å². The maximum absolute atomic E-state index is 12.9. The lowest BCUT2D eigenvalue weighted by Gasteiger charge is -2.11. The number of rotatable bonds is 5. The molecule has 1 aromatic heterocycles. The highest BCUT2D eigenvalue weighted by Gasteiger charge is 2.05. The first-order chi connectivity index (χ1) is 8.25. The van der Waals surface area contributed by atoms with Crippen molar-refractivity contribution < 1.29 is 4.39 Å². The van der Waals surface area contributed by atoms with E-state index < -0.39 is 0 Å². The van der Waals surface area contributed by atoms with E-state index >= 15 is 0 Å². The molecule has 1 aromatic carbocycles. The van der Waals surface area contributed by atoms with E-state index in [0.29, 0.717) is 0 Å². The van der Waals surface area contributed by atoms with Gasteiger partial charge in [-0.2, -0.15) is 0 Å². The minimum absolute atomic E-state index is 0.171. The molecule has 1 atom stereocenters. The molecule has 2 aromatic rings. The first kappa shape index (κ1) is 12.2. The maximum Gasteiger partial charge on any atom is 0.123 e. The predicted octanol–water partition coefficient (Wildman–Crippen LogP) is 3.18. The second-order valence-electron chi connectivity index (χ2n) is 3.97. The summed E-state index contributed by atoms with van der Waals surface area (Å²) >= 11 is 1.60. The first-order valence-electron chi connectivity index (χ1n) is 5.61. The van der Waals surface area contributed by atoms with Crippen molar-refractivity contribution in [1.29, 1.82) is 0 Å². The molecule has 0 fully saturated rings. The van der Waals surface area contributed by atoms with Gasteiger partial charge >= 0.3 is 0 Å². The number of hydrogen-bond acceptors (Lipinski definition) is 3. The Labute approximate surface area is 105 Å². The molecule has 0 saturated heterocycles. The van der Waals surface area contributed by atoms with E-state index in [4.69, 9.17) is 0 Å². The lowest BCUT2D eigenvalue weighted by Crippen LogP contribution is -2.21. The van der Waals surface area contributed by atoms with Gasteiger partial charge in [0, 0.05) is 11.4 Å². The highest BCUT2D eigenvalue weighted by molar-refractivity contribution is 7.07. The van der Waals surface area contributed by atoms with Crippen molar-refractivity contribution >= 4 is 11.3 Å². The lowest BCUT2D eigenvalue weighted by atomic mass is 10.1. The summed E-state index contributed by atoms with van der Waals surface area (Å²) in [6, 6.07) is 6.98. The fourth-order valence-electron chi connectivity index (χ4n) is 1.67. The third kappa shape index (κ3) is 3.61. The van der Waals surface area contributed by atoms with Crippen LogP contribution in [0.2, 0.25) is 0 Å². The van der Waals surface area contributed by atoms with Crippen LogP contribution in [0.4, 0.5) is 4.39 Å². The summed E-state index contributed by atoms with van der Waals surface area (Å²) in [7, 11) is 0. The molecule has 2 rings (SSSR count). The van der Waals surface area contributed by atoms with Crippen molar-refractivity contribution in [3.05, 3.63) is 52.2 Å². The molecule has 0 saturated carbocycles. The van der Waals surface area contributed by atoms with Crippen LogP contribution in [-0.2, 0) is 6.42 Å². The minimum Gasteiger partial charge on any atom is -0.308 e. The Hall–Kier alpha value is -1.26. The summed E-state index contributed by atoms with van der Waals surface area (Å²) in [6.07, 6.45) is 0.826. The number of halogens is 1. The van der Waals surface area contributed by atoms with Gasteiger partial charge < -0.3 is 5.32 Å². The second kappa shape index (κ2) is 5.89. The SMILES string of the molecule is CC(NCCc1cccc(F)c1)c1cscn1. The largest absolute Gasteiger partial charge is 0.308 e. The lowest BCUT2D eigenvalue weighted by molar-refractivity contribution is 0.565. The number of nitrogens with zero attached hydrogens (tertiary/aromatic N) is 1. The molecule has 1 unspecified atom stereocenters.